The largest absolute Gasteiger partial charge is 0.468 e. The average Bonchev–Trinajstić information content (AvgIpc) is 2.85. The zero-order valence-corrected chi connectivity index (χ0v) is 10.9. The maximum Gasteiger partial charge on any atom is 0.120 e. The SMILES string of the molecule is Cc1ccoc1CNCc1cccc2cccnc12. The summed E-state index contributed by atoms with van der Waals surface area (Å²) >= 11 is 0. The van der Waals surface area contributed by atoms with Crippen LogP contribution in [-0.2, 0) is 13.1 Å². The molecule has 3 heteroatoms. The Morgan fingerprint density at radius 1 is 1.11 bits per heavy atom. The molecule has 0 aliphatic carbocycles. The maximum atomic E-state index is 5.41. The van der Waals surface area contributed by atoms with E-state index in [1.807, 2.05) is 18.3 Å². The summed E-state index contributed by atoms with van der Waals surface area (Å²) in [7, 11) is 0. The molecule has 0 aliphatic heterocycles. The lowest BCUT2D eigenvalue weighted by atomic mass is 10.1. The molecule has 0 fully saturated rings. The monoisotopic (exact) mass is 252 g/mol. The Labute approximate surface area is 112 Å². The zero-order chi connectivity index (χ0) is 13.1. The molecule has 0 saturated heterocycles. The number of hydrogen-bond donors (Lipinski definition) is 1. The van der Waals surface area contributed by atoms with Gasteiger partial charge in [-0.3, -0.25) is 4.98 Å². The number of aryl methyl sites for hydroxylation is 1. The van der Waals surface area contributed by atoms with E-state index in [0.29, 0.717) is 0 Å². The molecule has 0 saturated carbocycles. The van der Waals surface area contributed by atoms with Crippen molar-refractivity contribution >= 4 is 10.9 Å². The molecule has 3 aromatic rings. The zero-order valence-electron chi connectivity index (χ0n) is 10.9. The van der Waals surface area contributed by atoms with Crippen molar-refractivity contribution in [1.29, 1.82) is 0 Å². The number of aromatic nitrogens is 1. The van der Waals surface area contributed by atoms with Crippen LogP contribution in [0.15, 0.2) is 53.3 Å². The van der Waals surface area contributed by atoms with Gasteiger partial charge >= 0.3 is 0 Å². The van der Waals surface area contributed by atoms with Crippen LogP contribution in [0.25, 0.3) is 10.9 Å². The molecule has 3 rings (SSSR count). The summed E-state index contributed by atoms with van der Waals surface area (Å²) in [5.41, 5.74) is 3.46. The molecule has 0 unspecified atom stereocenters. The third kappa shape index (κ3) is 2.51. The Hall–Kier alpha value is -2.13. The Bertz CT molecular complexity index is 683. The molecule has 1 N–H and O–H groups in total. The number of pyridine rings is 1. The van der Waals surface area contributed by atoms with Gasteiger partial charge in [0.2, 0.25) is 0 Å². The molecule has 0 amide bonds. The summed E-state index contributed by atoms with van der Waals surface area (Å²) in [5.74, 6) is 0.994. The highest BCUT2D eigenvalue weighted by Gasteiger charge is 2.03. The summed E-state index contributed by atoms with van der Waals surface area (Å²) in [6, 6.07) is 12.3. The van der Waals surface area contributed by atoms with Crippen LogP contribution >= 0.6 is 0 Å². The van der Waals surface area contributed by atoms with Gasteiger partial charge < -0.3 is 9.73 Å². The molecule has 0 radical (unpaired) electrons. The van der Waals surface area contributed by atoms with E-state index in [0.717, 1.165) is 24.4 Å². The molecule has 3 nitrogen and oxygen atoms in total. The van der Waals surface area contributed by atoms with Crippen molar-refractivity contribution in [2.75, 3.05) is 0 Å². The summed E-state index contributed by atoms with van der Waals surface area (Å²) in [5, 5.41) is 4.58. The van der Waals surface area contributed by atoms with Gasteiger partial charge in [-0.25, -0.2) is 0 Å². The molecule has 2 heterocycles. The lowest BCUT2D eigenvalue weighted by molar-refractivity contribution is 0.480. The van der Waals surface area contributed by atoms with E-state index < -0.39 is 0 Å². The summed E-state index contributed by atoms with van der Waals surface area (Å²) in [4.78, 5) is 4.45. The summed E-state index contributed by atoms with van der Waals surface area (Å²) in [6.07, 6.45) is 3.56. The molecule has 1 aromatic carbocycles. The van der Waals surface area contributed by atoms with Crippen LogP contribution in [0.5, 0.6) is 0 Å². The van der Waals surface area contributed by atoms with Crippen LogP contribution in [0.3, 0.4) is 0 Å². The highest BCUT2D eigenvalue weighted by atomic mass is 16.3. The van der Waals surface area contributed by atoms with E-state index >= 15 is 0 Å². The number of benzene rings is 1. The minimum absolute atomic E-state index is 0.738. The van der Waals surface area contributed by atoms with Crippen molar-refractivity contribution in [3.63, 3.8) is 0 Å². The number of nitrogens with zero attached hydrogens (tertiary/aromatic N) is 1. The minimum atomic E-state index is 0.738. The van der Waals surface area contributed by atoms with Crippen molar-refractivity contribution in [2.45, 2.75) is 20.0 Å². The fourth-order valence-electron chi connectivity index (χ4n) is 2.21. The standard InChI is InChI=1S/C16H16N2O/c1-12-7-9-19-15(12)11-17-10-14-5-2-4-13-6-3-8-18-16(13)14/h2-9,17H,10-11H2,1H3. The van der Waals surface area contributed by atoms with Crippen molar-refractivity contribution < 1.29 is 4.42 Å². The lowest BCUT2D eigenvalue weighted by Gasteiger charge is -2.07. The van der Waals surface area contributed by atoms with Gasteiger partial charge in [-0.1, -0.05) is 24.3 Å². The summed E-state index contributed by atoms with van der Waals surface area (Å²) < 4.78 is 5.41. The number of rotatable bonds is 4. The quantitative estimate of drug-likeness (QED) is 0.773. The van der Waals surface area contributed by atoms with Crippen molar-refractivity contribution in [1.82, 2.24) is 10.3 Å². The Kier molecular flexibility index (Phi) is 3.29. The maximum absolute atomic E-state index is 5.41. The fraction of sp³-hybridized carbons (Fsp3) is 0.188. The van der Waals surface area contributed by atoms with Gasteiger partial charge in [0, 0.05) is 18.1 Å². The van der Waals surface area contributed by atoms with E-state index in [-0.39, 0.29) is 0 Å². The van der Waals surface area contributed by atoms with E-state index in [2.05, 4.69) is 41.5 Å². The number of nitrogens with one attached hydrogen (secondary N) is 1. The van der Waals surface area contributed by atoms with Crippen molar-refractivity contribution in [2.24, 2.45) is 0 Å². The number of furan rings is 1. The first-order valence-electron chi connectivity index (χ1n) is 6.41. The highest BCUT2D eigenvalue weighted by molar-refractivity contribution is 5.81. The van der Waals surface area contributed by atoms with Crippen LogP contribution in [0, 0.1) is 6.92 Å². The number of fused-ring (bicyclic) bond motifs is 1. The second-order valence-electron chi connectivity index (χ2n) is 4.62. The molecule has 0 bridgehead atoms. The van der Waals surface area contributed by atoms with E-state index in [1.165, 1.54) is 16.5 Å². The Morgan fingerprint density at radius 3 is 2.84 bits per heavy atom. The number of hydrogen-bond acceptors (Lipinski definition) is 3. The van der Waals surface area contributed by atoms with Gasteiger partial charge in [-0.2, -0.15) is 0 Å². The fourth-order valence-corrected chi connectivity index (χ4v) is 2.21. The molecule has 0 atom stereocenters. The number of para-hydroxylation sites is 1. The van der Waals surface area contributed by atoms with Crippen molar-refractivity contribution in [3.05, 3.63) is 65.7 Å². The van der Waals surface area contributed by atoms with Gasteiger partial charge in [0.1, 0.15) is 5.76 Å². The van der Waals surface area contributed by atoms with Crippen LogP contribution in [0.2, 0.25) is 0 Å². The first kappa shape index (κ1) is 11.9. The normalized spacial score (nSPS) is 11.0. The van der Waals surface area contributed by atoms with Crippen molar-refractivity contribution in [3.8, 4) is 0 Å². The minimum Gasteiger partial charge on any atom is -0.468 e. The summed E-state index contributed by atoms with van der Waals surface area (Å²) in [6.45, 7) is 3.58. The lowest BCUT2D eigenvalue weighted by Crippen LogP contribution is -2.13. The molecule has 19 heavy (non-hydrogen) atoms. The average molecular weight is 252 g/mol. The van der Waals surface area contributed by atoms with Crippen LogP contribution in [0.1, 0.15) is 16.9 Å². The van der Waals surface area contributed by atoms with E-state index in [9.17, 15) is 0 Å². The third-order valence-corrected chi connectivity index (χ3v) is 3.29. The smallest absolute Gasteiger partial charge is 0.120 e. The van der Waals surface area contributed by atoms with Crippen LogP contribution in [-0.4, -0.2) is 4.98 Å². The van der Waals surface area contributed by atoms with E-state index in [4.69, 9.17) is 4.42 Å². The predicted octanol–water partition coefficient (Wildman–Crippen LogP) is 3.43. The Balaban J connectivity index is 1.74. The Morgan fingerprint density at radius 2 is 2.00 bits per heavy atom. The second kappa shape index (κ2) is 5.24. The van der Waals surface area contributed by atoms with Gasteiger partial charge in [-0.15, -0.1) is 0 Å². The highest BCUT2D eigenvalue weighted by Crippen LogP contribution is 2.16. The van der Waals surface area contributed by atoms with Gasteiger partial charge in [0.05, 0.1) is 18.3 Å². The van der Waals surface area contributed by atoms with Crippen LogP contribution < -0.4 is 5.32 Å². The molecule has 0 aliphatic rings. The molecule has 0 spiro atoms. The van der Waals surface area contributed by atoms with Gasteiger partial charge in [-0.05, 0) is 30.2 Å². The molecule has 96 valence electrons. The third-order valence-electron chi connectivity index (χ3n) is 3.29. The second-order valence-corrected chi connectivity index (χ2v) is 4.62. The predicted molar refractivity (Wildman–Crippen MR) is 75.7 cm³/mol. The van der Waals surface area contributed by atoms with Crippen LogP contribution in [0.4, 0.5) is 0 Å². The van der Waals surface area contributed by atoms with Gasteiger partial charge in [0.15, 0.2) is 0 Å². The first-order valence-corrected chi connectivity index (χ1v) is 6.41. The first-order chi connectivity index (χ1) is 9.34. The molecule has 2 aromatic heterocycles. The van der Waals surface area contributed by atoms with E-state index in [1.54, 1.807) is 6.26 Å². The van der Waals surface area contributed by atoms with Gasteiger partial charge in [0.25, 0.3) is 0 Å². The molecular formula is C16H16N2O. The topological polar surface area (TPSA) is 38.1 Å². The molecular weight excluding hydrogens is 236 g/mol.